The van der Waals surface area contributed by atoms with E-state index in [1.165, 1.54) is 6.20 Å². The van der Waals surface area contributed by atoms with Crippen molar-refractivity contribution in [1.82, 2.24) is 15.4 Å². The molecule has 6 nitrogen and oxygen atoms in total. The zero-order valence-corrected chi connectivity index (χ0v) is 10.2. The summed E-state index contributed by atoms with van der Waals surface area (Å²) < 4.78 is 0. The van der Waals surface area contributed by atoms with Crippen LogP contribution in [0.3, 0.4) is 0 Å². The number of carbonyl (C=O) groups is 1. The number of nitrogens with zero attached hydrogens (tertiary/aromatic N) is 3. The van der Waals surface area contributed by atoms with Gasteiger partial charge in [-0.15, -0.1) is 0 Å². The number of pyridine rings is 2. The molecular weight excluding hydrogens is 242 g/mol. The molecule has 94 valence electrons. The summed E-state index contributed by atoms with van der Waals surface area (Å²) in [6, 6.07) is 5.47. The largest absolute Gasteiger partial charge is 0.290 e. The van der Waals surface area contributed by atoms with Crippen LogP contribution in [0.5, 0.6) is 0 Å². The van der Waals surface area contributed by atoms with E-state index < -0.39 is 5.91 Å². The van der Waals surface area contributed by atoms with Gasteiger partial charge in [-0.3, -0.25) is 15.2 Å². The number of hydrazine groups is 1. The van der Waals surface area contributed by atoms with E-state index in [0.29, 0.717) is 16.7 Å². The average molecular weight is 253 g/mol. The van der Waals surface area contributed by atoms with Crippen molar-refractivity contribution in [2.24, 2.45) is 5.84 Å². The normalized spacial score (nSPS) is 9.74. The quantitative estimate of drug-likeness (QED) is 0.470. The fourth-order valence-electron chi connectivity index (χ4n) is 1.84. The fraction of sp³-hybridized carbons (Fsp3) is 0.0769. The van der Waals surface area contributed by atoms with Gasteiger partial charge in [0.1, 0.15) is 11.8 Å². The second kappa shape index (κ2) is 5.25. The van der Waals surface area contributed by atoms with Crippen LogP contribution in [0.15, 0.2) is 30.7 Å². The highest BCUT2D eigenvalue weighted by molar-refractivity contribution is 6.02. The van der Waals surface area contributed by atoms with Gasteiger partial charge in [0.15, 0.2) is 0 Å². The van der Waals surface area contributed by atoms with Gasteiger partial charge in [0.2, 0.25) is 0 Å². The van der Waals surface area contributed by atoms with Gasteiger partial charge in [0, 0.05) is 24.2 Å². The van der Waals surface area contributed by atoms with E-state index >= 15 is 0 Å². The van der Waals surface area contributed by atoms with Gasteiger partial charge in [-0.25, -0.2) is 10.8 Å². The molecular formula is C13H11N5O. The summed E-state index contributed by atoms with van der Waals surface area (Å²) in [6.45, 7) is 1.67. The Morgan fingerprint density at radius 1 is 1.42 bits per heavy atom. The smallest absolute Gasteiger partial charge is 0.266 e. The number of rotatable bonds is 2. The molecule has 0 saturated carbocycles. The second-order valence-corrected chi connectivity index (χ2v) is 3.84. The molecule has 0 aromatic carbocycles. The Kier molecular flexibility index (Phi) is 3.50. The van der Waals surface area contributed by atoms with Gasteiger partial charge in [-0.05, 0) is 30.2 Å². The van der Waals surface area contributed by atoms with Crippen molar-refractivity contribution in [3.63, 3.8) is 0 Å². The molecule has 2 aromatic heterocycles. The topological polar surface area (TPSA) is 105 Å². The first-order valence-corrected chi connectivity index (χ1v) is 5.50. The predicted octanol–water partition coefficient (Wildman–Crippen LogP) is 0.927. The Labute approximate surface area is 109 Å². The number of nitrogens with one attached hydrogen (secondary N) is 1. The maximum Gasteiger partial charge on any atom is 0.266 e. The van der Waals surface area contributed by atoms with Gasteiger partial charge < -0.3 is 0 Å². The molecule has 0 fully saturated rings. The highest BCUT2D eigenvalue weighted by Gasteiger charge is 2.18. The number of nitrogens with two attached hydrogens (primary N) is 1. The summed E-state index contributed by atoms with van der Waals surface area (Å²) in [6.07, 6.45) is 4.73. The molecule has 1 amide bonds. The van der Waals surface area contributed by atoms with Crippen LogP contribution in [0.1, 0.15) is 21.6 Å². The van der Waals surface area contributed by atoms with E-state index in [1.807, 2.05) is 6.07 Å². The Morgan fingerprint density at radius 2 is 2.11 bits per heavy atom. The summed E-state index contributed by atoms with van der Waals surface area (Å²) in [5, 5.41) is 8.97. The first-order valence-electron chi connectivity index (χ1n) is 5.50. The first kappa shape index (κ1) is 12.7. The van der Waals surface area contributed by atoms with Crippen molar-refractivity contribution < 1.29 is 4.79 Å². The van der Waals surface area contributed by atoms with Crippen LogP contribution >= 0.6 is 0 Å². The maximum absolute atomic E-state index is 11.9. The van der Waals surface area contributed by atoms with Crippen LogP contribution in [0.4, 0.5) is 0 Å². The van der Waals surface area contributed by atoms with Crippen LogP contribution in [-0.2, 0) is 0 Å². The molecule has 0 aliphatic carbocycles. The number of hydrogen-bond donors (Lipinski definition) is 2. The zero-order valence-electron chi connectivity index (χ0n) is 10.2. The molecule has 6 heteroatoms. The number of aromatic nitrogens is 2. The van der Waals surface area contributed by atoms with E-state index in [0.717, 1.165) is 5.56 Å². The summed E-state index contributed by atoms with van der Waals surface area (Å²) >= 11 is 0. The van der Waals surface area contributed by atoms with Gasteiger partial charge >= 0.3 is 0 Å². The van der Waals surface area contributed by atoms with Crippen LogP contribution in [-0.4, -0.2) is 15.9 Å². The molecule has 2 heterocycles. The molecule has 0 spiro atoms. The van der Waals surface area contributed by atoms with Crippen molar-refractivity contribution in [2.45, 2.75) is 6.92 Å². The molecule has 0 radical (unpaired) electrons. The average Bonchev–Trinajstić information content (AvgIpc) is 2.47. The lowest BCUT2D eigenvalue weighted by molar-refractivity contribution is 0.0953. The summed E-state index contributed by atoms with van der Waals surface area (Å²) in [4.78, 5) is 19.9. The van der Waals surface area contributed by atoms with Crippen LogP contribution in [0.25, 0.3) is 11.1 Å². The minimum Gasteiger partial charge on any atom is -0.290 e. The molecule has 0 unspecified atom stereocenters. The maximum atomic E-state index is 11.9. The van der Waals surface area contributed by atoms with Crippen LogP contribution in [0.2, 0.25) is 0 Å². The van der Waals surface area contributed by atoms with Crippen LogP contribution in [0, 0.1) is 18.3 Å². The van der Waals surface area contributed by atoms with E-state index in [4.69, 9.17) is 11.1 Å². The van der Waals surface area contributed by atoms with Gasteiger partial charge in [-0.1, -0.05) is 0 Å². The van der Waals surface area contributed by atoms with Crippen LogP contribution < -0.4 is 11.3 Å². The lowest BCUT2D eigenvalue weighted by Crippen LogP contribution is -2.31. The van der Waals surface area contributed by atoms with Gasteiger partial charge in [0.05, 0.1) is 5.56 Å². The molecule has 0 aliphatic rings. The second-order valence-electron chi connectivity index (χ2n) is 3.84. The molecule has 2 rings (SSSR count). The van der Waals surface area contributed by atoms with Crippen molar-refractivity contribution in [1.29, 1.82) is 5.26 Å². The molecule has 3 N–H and O–H groups in total. The lowest BCUT2D eigenvalue weighted by Gasteiger charge is -2.11. The van der Waals surface area contributed by atoms with E-state index in [1.54, 1.807) is 31.5 Å². The third-order valence-corrected chi connectivity index (χ3v) is 2.78. The van der Waals surface area contributed by atoms with E-state index in [-0.39, 0.29) is 5.69 Å². The Morgan fingerprint density at radius 3 is 2.68 bits per heavy atom. The molecule has 2 aromatic rings. The van der Waals surface area contributed by atoms with E-state index in [2.05, 4.69) is 15.4 Å². The predicted molar refractivity (Wildman–Crippen MR) is 68.6 cm³/mol. The molecule has 19 heavy (non-hydrogen) atoms. The molecule has 0 saturated heterocycles. The summed E-state index contributed by atoms with van der Waals surface area (Å²) in [7, 11) is 0. The van der Waals surface area contributed by atoms with Crippen molar-refractivity contribution in [3.05, 3.63) is 47.5 Å². The number of carbonyl (C=O) groups excluding carboxylic acids is 1. The number of hydrogen-bond acceptors (Lipinski definition) is 5. The highest BCUT2D eigenvalue weighted by atomic mass is 16.2. The first-order chi connectivity index (χ1) is 9.19. The summed E-state index contributed by atoms with van der Waals surface area (Å²) in [5.41, 5.74) is 4.54. The van der Waals surface area contributed by atoms with Crippen molar-refractivity contribution in [2.75, 3.05) is 0 Å². The van der Waals surface area contributed by atoms with Crippen molar-refractivity contribution in [3.8, 4) is 17.2 Å². The standard InChI is InChI=1S/C13H11N5O/c1-8-11(6-14)17-7-10(12(8)13(19)18-15)9-2-4-16-5-3-9/h2-5,7H,15H2,1H3,(H,18,19). The third-order valence-electron chi connectivity index (χ3n) is 2.78. The Hall–Kier alpha value is -2.78. The zero-order chi connectivity index (χ0) is 13.8. The van der Waals surface area contributed by atoms with Gasteiger partial charge in [0.25, 0.3) is 5.91 Å². The summed E-state index contributed by atoms with van der Waals surface area (Å²) in [5.74, 6) is 4.74. The fourth-order valence-corrected chi connectivity index (χ4v) is 1.84. The minimum absolute atomic E-state index is 0.205. The monoisotopic (exact) mass is 253 g/mol. The van der Waals surface area contributed by atoms with Gasteiger partial charge in [-0.2, -0.15) is 5.26 Å². The Bertz CT molecular complexity index is 661. The molecule has 0 bridgehead atoms. The lowest BCUT2D eigenvalue weighted by atomic mass is 9.97. The molecule has 0 aliphatic heterocycles. The minimum atomic E-state index is -0.455. The van der Waals surface area contributed by atoms with E-state index in [9.17, 15) is 4.79 Å². The third kappa shape index (κ3) is 2.27. The SMILES string of the molecule is Cc1c(C#N)ncc(-c2ccncc2)c1C(=O)NN. The highest BCUT2D eigenvalue weighted by Crippen LogP contribution is 2.26. The van der Waals surface area contributed by atoms with Crippen molar-refractivity contribution >= 4 is 5.91 Å². The number of nitrogen functional groups attached to an aromatic ring is 1. The molecule has 0 atom stereocenters. The Balaban J connectivity index is 2.72. The number of amides is 1. The number of nitriles is 1.